The zero-order valence-corrected chi connectivity index (χ0v) is 15.2. The van der Waals surface area contributed by atoms with Crippen LogP contribution in [0.3, 0.4) is 0 Å². The van der Waals surface area contributed by atoms with E-state index < -0.39 is 0 Å². The van der Waals surface area contributed by atoms with Gasteiger partial charge in [-0.05, 0) is 17.5 Å². The van der Waals surface area contributed by atoms with E-state index in [1.165, 1.54) is 30.4 Å². The second-order valence-corrected chi connectivity index (χ2v) is 6.27. The molecule has 0 aliphatic carbocycles. The minimum Gasteiger partial charge on any atom is -0.379 e. The third-order valence-electron chi connectivity index (χ3n) is 4.26. The first-order valence-corrected chi connectivity index (χ1v) is 9.14. The summed E-state index contributed by atoms with van der Waals surface area (Å²) in [6, 6.07) is 8.80. The van der Waals surface area contributed by atoms with E-state index in [-0.39, 0.29) is 0 Å². The lowest BCUT2D eigenvalue weighted by Gasteiger charge is -2.26. The molecule has 5 heteroatoms. The highest BCUT2D eigenvalue weighted by molar-refractivity contribution is 5.79. The predicted octanol–water partition coefficient (Wildman–Crippen LogP) is 2.37. The monoisotopic (exact) mass is 332 g/mol. The van der Waals surface area contributed by atoms with Gasteiger partial charge in [0.25, 0.3) is 0 Å². The van der Waals surface area contributed by atoms with Gasteiger partial charge in [0, 0.05) is 39.8 Å². The van der Waals surface area contributed by atoms with Crippen LogP contribution in [0.2, 0.25) is 0 Å². The van der Waals surface area contributed by atoms with Crippen molar-refractivity contribution in [2.75, 3.05) is 39.9 Å². The fourth-order valence-electron chi connectivity index (χ4n) is 2.84. The lowest BCUT2D eigenvalue weighted by Crippen LogP contribution is -2.37. The highest BCUT2D eigenvalue weighted by Gasteiger charge is 2.10. The second kappa shape index (κ2) is 11.0. The van der Waals surface area contributed by atoms with Gasteiger partial charge in [0.2, 0.25) is 0 Å². The van der Waals surface area contributed by atoms with Crippen molar-refractivity contribution in [3.8, 4) is 0 Å². The molecule has 0 amide bonds. The van der Waals surface area contributed by atoms with Gasteiger partial charge in [-0.1, -0.05) is 44.0 Å². The van der Waals surface area contributed by atoms with Crippen LogP contribution in [0.25, 0.3) is 0 Å². The third kappa shape index (κ3) is 6.89. The van der Waals surface area contributed by atoms with Crippen LogP contribution in [-0.4, -0.2) is 50.8 Å². The molecule has 1 aromatic rings. The lowest BCUT2D eigenvalue weighted by molar-refractivity contribution is 0.0342. The van der Waals surface area contributed by atoms with E-state index in [0.29, 0.717) is 0 Å². The third-order valence-corrected chi connectivity index (χ3v) is 4.26. The molecule has 2 rings (SSSR count). The molecule has 5 nitrogen and oxygen atoms in total. The Morgan fingerprint density at radius 2 is 1.96 bits per heavy atom. The molecule has 0 atom stereocenters. The number of ether oxygens (including phenoxy) is 1. The van der Waals surface area contributed by atoms with Gasteiger partial charge in [-0.25, -0.2) is 0 Å². The number of aliphatic imine (C=N–C) groups is 1. The molecule has 1 saturated heterocycles. The molecule has 0 radical (unpaired) electrons. The first-order chi connectivity index (χ1) is 11.8. The maximum absolute atomic E-state index is 5.41. The van der Waals surface area contributed by atoms with E-state index in [1.54, 1.807) is 0 Å². The zero-order valence-electron chi connectivity index (χ0n) is 15.2. The molecule has 1 aromatic carbocycles. The summed E-state index contributed by atoms with van der Waals surface area (Å²) in [7, 11) is 1.82. The van der Waals surface area contributed by atoms with Gasteiger partial charge < -0.3 is 15.4 Å². The van der Waals surface area contributed by atoms with Crippen molar-refractivity contribution in [2.24, 2.45) is 4.99 Å². The summed E-state index contributed by atoms with van der Waals surface area (Å²) in [6.07, 6.45) is 3.68. The number of morpholine rings is 1. The van der Waals surface area contributed by atoms with Crippen LogP contribution in [-0.2, 0) is 17.8 Å². The van der Waals surface area contributed by atoms with Crippen molar-refractivity contribution in [3.05, 3.63) is 35.4 Å². The van der Waals surface area contributed by atoms with Crippen molar-refractivity contribution < 1.29 is 4.74 Å². The van der Waals surface area contributed by atoms with Gasteiger partial charge >= 0.3 is 0 Å². The largest absolute Gasteiger partial charge is 0.379 e. The van der Waals surface area contributed by atoms with E-state index in [9.17, 15) is 0 Å². The Kier molecular flexibility index (Phi) is 8.63. The number of hydrogen-bond donors (Lipinski definition) is 2. The quantitative estimate of drug-likeness (QED) is 0.436. The molecule has 0 aromatic heterocycles. The first-order valence-electron chi connectivity index (χ1n) is 9.14. The van der Waals surface area contributed by atoms with Crippen LogP contribution < -0.4 is 10.6 Å². The van der Waals surface area contributed by atoms with Crippen LogP contribution in [0.5, 0.6) is 0 Å². The molecule has 24 heavy (non-hydrogen) atoms. The van der Waals surface area contributed by atoms with Crippen molar-refractivity contribution in [2.45, 2.75) is 39.3 Å². The van der Waals surface area contributed by atoms with Crippen LogP contribution in [0.15, 0.2) is 29.3 Å². The van der Waals surface area contributed by atoms with E-state index >= 15 is 0 Å². The fraction of sp³-hybridized carbons (Fsp3) is 0.632. The van der Waals surface area contributed by atoms with Gasteiger partial charge in [0.15, 0.2) is 5.96 Å². The van der Waals surface area contributed by atoms with Crippen molar-refractivity contribution in [3.63, 3.8) is 0 Å². The molecule has 134 valence electrons. The van der Waals surface area contributed by atoms with Crippen molar-refractivity contribution >= 4 is 5.96 Å². The molecule has 1 heterocycles. The second-order valence-electron chi connectivity index (χ2n) is 6.27. The van der Waals surface area contributed by atoms with Crippen LogP contribution in [0.1, 0.15) is 37.3 Å². The number of unbranched alkanes of at least 4 members (excludes halogenated alkanes) is 2. The Morgan fingerprint density at radius 3 is 2.71 bits per heavy atom. The molecule has 0 unspecified atom stereocenters. The van der Waals surface area contributed by atoms with Gasteiger partial charge in [0.05, 0.1) is 13.2 Å². The molecule has 1 aliphatic heterocycles. The summed E-state index contributed by atoms with van der Waals surface area (Å²) >= 11 is 0. The maximum atomic E-state index is 5.41. The average molecular weight is 332 g/mol. The standard InChI is InChI=1S/C19H32N4O/c1-3-4-5-9-21-19(20-2)22-15-17-7-6-8-18(14-17)16-23-10-12-24-13-11-23/h6-8,14H,3-5,9-13,15-16H2,1-2H3,(H2,20,21,22). The molecule has 0 saturated carbocycles. The van der Waals surface area contributed by atoms with Gasteiger partial charge in [-0.2, -0.15) is 0 Å². The molecule has 1 aliphatic rings. The highest BCUT2D eigenvalue weighted by atomic mass is 16.5. The SMILES string of the molecule is CCCCCNC(=NC)NCc1cccc(CN2CCOCC2)c1. The summed E-state index contributed by atoms with van der Waals surface area (Å²) in [5.41, 5.74) is 2.65. The molecule has 0 bridgehead atoms. The highest BCUT2D eigenvalue weighted by Crippen LogP contribution is 2.10. The molecule has 0 spiro atoms. The molecular weight excluding hydrogens is 300 g/mol. The summed E-state index contributed by atoms with van der Waals surface area (Å²) in [5, 5.41) is 6.77. The summed E-state index contributed by atoms with van der Waals surface area (Å²) in [5.74, 6) is 0.879. The van der Waals surface area contributed by atoms with Gasteiger partial charge in [-0.15, -0.1) is 0 Å². The topological polar surface area (TPSA) is 48.9 Å². The van der Waals surface area contributed by atoms with Crippen molar-refractivity contribution in [1.82, 2.24) is 15.5 Å². The number of nitrogens with zero attached hydrogens (tertiary/aromatic N) is 2. The Morgan fingerprint density at radius 1 is 1.17 bits per heavy atom. The summed E-state index contributed by atoms with van der Waals surface area (Å²) < 4.78 is 5.41. The lowest BCUT2D eigenvalue weighted by atomic mass is 10.1. The number of benzene rings is 1. The Bertz CT molecular complexity index is 498. The van der Waals surface area contributed by atoms with Gasteiger partial charge in [0.1, 0.15) is 0 Å². The number of nitrogens with one attached hydrogen (secondary N) is 2. The van der Waals surface area contributed by atoms with Crippen LogP contribution >= 0.6 is 0 Å². The average Bonchev–Trinajstić information content (AvgIpc) is 2.62. The Hall–Kier alpha value is -1.59. The van der Waals surface area contributed by atoms with E-state index in [0.717, 1.165) is 51.9 Å². The molecular formula is C19H32N4O. The number of rotatable bonds is 8. The minimum absolute atomic E-state index is 0.796. The zero-order chi connectivity index (χ0) is 17.0. The molecule has 2 N–H and O–H groups in total. The van der Waals surface area contributed by atoms with Crippen molar-refractivity contribution in [1.29, 1.82) is 0 Å². The number of hydrogen-bond acceptors (Lipinski definition) is 3. The Balaban J connectivity index is 1.78. The van der Waals surface area contributed by atoms with E-state index in [4.69, 9.17) is 4.74 Å². The molecule has 1 fully saturated rings. The maximum Gasteiger partial charge on any atom is 0.191 e. The number of guanidine groups is 1. The minimum atomic E-state index is 0.796. The van der Waals surface area contributed by atoms with Crippen LogP contribution in [0, 0.1) is 0 Å². The van der Waals surface area contributed by atoms with Crippen LogP contribution in [0.4, 0.5) is 0 Å². The summed E-state index contributed by atoms with van der Waals surface area (Å²) in [4.78, 5) is 6.74. The normalized spacial score (nSPS) is 16.2. The summed E-state index contributed by atoms with van der Waals surface area (Å²) in [6.45, 7) is 8.74. The first kappa shape index (κ1) is 18.7. The van der Waals surface area contributed by atoms with E-state index in [1.807, 2.05) is 7.05 Å². The van der Waals surface area contributed by atoms with Gasteiger partial charge in [-0.3, -0.25) is 9.89 Å². The predicted molar refractivity (Wildman–Crippen MR) is 100 cm³/mol. The van der Waals surface area contributed by atoms with E-state index in [2.05, 4.69) is 51.7 Å². The smallest absolute Gasteiger partial charge is 0.191 e. The Labute approximate surface area is 146 Å². The fourth-order valence-corrected chi connectivity index (χ4v) is 2.84.